The number of fused-ring (bicyclic) bond motifs is 1. The van der Waals surface area contributed by atoms with Crippen LogP contribution >= 0.6 is 23.1 Å². The van der Waals surface area contributed by atoms with E-state index in [1.807, 2.05) is 11.8 Å². The number of nitrogens with zero attached hydrogens (tertiary/aromatic N) is 1. The van der Waals surface area contributed by atoms with E-state index in [1.54, 1.807) is 11.3 Å². The van der Waals surface area contributed by atoms with E-state index >= 15 is 0 Å². The number of carbonyl (C=O) groups excluding carboxylic acids is 1. The third-order valence-electron chi connectivity index (χ3n) is 4.11. The Balaban J connectivity index is 1.67. The lowest BCUT2D eigenvalue weighted by Gasteiger charge is -2.19. The molecule has 3 rings (SSSR count). The lowest BCUT2D eigenvalue weighted by atomic mass is 9.87. The molecule has 5 heteroatoms. The Morgan fingerprint density at radius 1 is 1.50 bits per heavy atom. The van der Waals surface area contributed by atoms with Crippen LogP contribution in [0.1, 0.15) is 46.3 Å². The molecule has 1 aliphatic heterocycles. The third-order valence-corrected chi connectivity index (χ3v) is 6.37. The third kappa shape index (κ3) is 3.09. The molecule has 1 saturated heterocycles. The minimum Gasteiger partial charge on any atom is -0.266 e. The van der Waals surface area contributed by atoms with Gasteiger partial charge in [0.2, 0.25) is 0 Å². The summed E-state index contributed by atoms with van der Waals surface area (Å²) in [6.45, 7) is 2.26. The van der Waals surface area contributed by atoms with Crippen LogP contribution < -0.4 is 5.43 Å². The first-order valence-corrected chi connectivity index (χ1v) is 9.28. The van der Waals surface area contributed by atoms with Crippen molar-refractivity contribution < 1.29 is 4.79 Å². The van der Waals surface area contributed by atoms with Gasteiger partial charge in [-0.05, 0) is 49.0 Å². The van der Waals surface area contributed by atoms with Gasteiger partial charge in [-0.1, -0.05) is 13.3 Å². The Morgan fingerprint density at radius 3 is 3.15 bits per heavy atom. The maximum atomic E-state index is 12.2. The van der Waals surface area contributed by atoms with Crippen LogP contribution in [0.15, 0.2) is 11.2 Å². The summed E-state index contributed by atoms with van der Waals surface area (Å²) in [5.41, 5.74) is 5.22. The zero-order valence-corrected chi connectivity index (χ0v) is 13.4. The van der Waals surface area contributed by atoms with Gasteiger partial charge < -0.3 is 0 Å². The zero-order chi connectivity index (χ0) is 13.9. The number of rotatable bonds is 3. The molecule has 2 heterocycles. The van der Waals surface area contributed by atoms with Crippen LogP contribution in [0.4, 0.5) is 0 Å². The van der Waals surface area contributed by atoms with Crippen molar-refractivity contribution in [3.63, 3.8) is 0 Å². The van der Waals surface area contributed by atoms with Crippen LogP contribution in [0.5, 0.6) is 0 Å². The number of thiophene rings is 1. The number of hydrazone groups is 1. The maximum absolute atomic E-state index is 12.2. The molecule has 108 valence electrons. The van der Waals surface area contributed by atoms with Crippen molar-refractivity contribution in [2.24, 2.45) is 11.0 Å². The fourth-order valence-corrected chi connectivity index (χ4v) is 4.85. The highest BCUT2D eigenvalue weighted by Crippen LogP contribution is 2.33. The number of hydrogen-bond donors (Lipinski definition) is 1. The Kier molecular flexibility index (Phi) is 4.46. The molecular weight excluding hydrogens is 288 g/mol. The van der Waals surface area contributed by atoms with Gasteiger partial charge in [0.1, 0.15) is 0 Å². The highest BCUT2D eigenvalue weighted by atomic mass is 32.2. The van der Waals surface area contributed by atoms with E-state index in [0.29, 0.717) is 0 Å². The monoisotopic (exact) mass is 308 g/mol. The second-order valence-corrected chi connectivity index (χ2v) is 7.74. The molecule has 1 aliphatic carbocycles. The van der Waals surface area contributed by atoms with E-state index in [-0.39, 0.29) is 5.91 Å². The normalized spacial score (nSPS) is 23.9. The van der Waals surface area contributed by atoms with Gasteiger partial charge in [-0.25, -0.2) is 5.43 Å². The van der Waals surface area contributed by atoms with E-state index < -0.39 is 0 Å². The van der Waals surface area contributed by atoms with Crippen molar-refractivity contribution in [2.75, 3.05) is 11.5 Å². The van der Waals surface area contributed by atoms with E-state index in [2.05, 4.69) is 23.5 Å². The maximum Gasteiger partial charge on any atom is 0.281 e. The predicted octanol–water partition coefficient (Wildman–Crippen LogP) is 3.49. The lowest BCUT2D eigenvalue weighted by Crippen LogP contribution is -2.18. The summed E-state index contributed by atoms with van der Waals surface area (Å²) in [7, 11) is 0. The smallest absolute Gasteiger partial charge is 0.266 e. The first kappa shape index (κ1) is 14.1. The Bertz CT molecular complexity index is 528. The van der Waals surface area contributed by atoms with Crippen molar-refractivity contribution >= 4 is 34.7 Å². The number of amides is 1. The van der Waals surface area contributed by atoms with Crippen LogP contribution in [0.25, 0.3) is 0 Å². The number of carbonyl (C=O) groups is 1. The molecule has 1 aromatic rings. The Labute approximate surface area is 128 Å². The molecule has 1 unspecified atom stereocenters. The average Bonchev–Trinajstić information content (AvgIpc) is 3.12. The molecule has 0 spiro atoms. The molecular formula is C15H20N2OS2. The van der Waals surface area contributed by atoms with Gasteiger partial charge >= 0.3 is 0 Å². The Morgan fingerprint density at radius 2 is 2.40 bits per heavy atom. The van der Waals surface area contributed by atoms with Gasteiger partial charge in [-0.2, -0.15) is 16.9 Å². The molecule has 1 aromatic heterocycles. The topological polar surface area (TPSA) is 41.5 Å². The standard InChI is InChI=1S/C15H20N2OS2/c1-2-10-3-4-13-11(7-10)8-14(20-13)15(18)17-16-12-5-6-19-9-12/h8,10H,2-7,9H2,1H3,(H,17,18)/b16-12+. The molecule has 0 saturated carbocycles. The molecule has 1 N–H and O–H groups in total. The first-order valence-electron chi connectivity index (χ1n) is 7.31. The fraction of sp³-hybridized carbons (Fsp3) is 0.600. The summed E-state index contributed by atoms with van der Waals surface area (Å²) < 4.78 is 0. The van der Waals surface area contributed by atoms with Crippen molar-refractivity contribution in [3.8, 4) is 0 Å². The Hall–Kier alpha value is -0.810. The summed E-state index contributed by atoms with van der Waals surface area (Å²) in [4.78, 5) is 14.4. The van der Waals surface area contributed by atoms with Gasteiger partial charge in [0.25, 0.3) is 5.91 Å². The quantitative estimate of drug-likeness (QED) is 0.869. The molecule has 1 amide bonds. The van der Waals surface area contributed by atoms with Crippen molar-refractivity contribution in [3.05, 3.63) is 21.4 Å². The van der Waals surface area contributed by atoms with Crippen LogP contribution in [-0.4, -0.2) is 23.1 Å². The SMILES string of the molecule is CCC1CCc2sc(C(=O)N/N=C3\CCSC3)cc2C1. The predicted molar refractivity (Wildman–Crippen MR) is 87.0 cm³/mol. The molecule has 0 radical (unpaired) electrons. The van der Waals surface area contributed by atoms with Gasteiger partial charge in [0, 0.05) is 16.3 Å². The molecule has 2 aliphatic rings. The van der Waals surface area contributed by atoms with Crippen LogP contribution in [0, 0.1) is 5.92 Å². The molecule has 0 aromatic carbocycles. The van der Waals surface area contributed by atoms with Crippen LogP contribution in [0.2, 0.25) is 0 Å². The molecule has 0 bridgehead atoms. The van der Waals surface area contributed by atoms with Gasteiger partial charge in [-0.15, -0.1) is 11.3 Å². The van der Waals surface area contributed by atoms with Gasteiger partial charge in [0.05, 0.1) is 4.88 Å². The largest absolute Gasteiger partial charge is 0.281 e. The first-order chi connectivity index (χ1) is 9.76. The molecule has 1 atom stereocenters. The van der Waals surface area contributed by atoms with E-state index in [4.69, 9.17) is 0 Å². The number of thioether (sulfide) groups is 1. The number of nitrogens with one attached hydrogen (secondary N) is 1. The molecule has 1 fully saturated rings. The minimum atomic E-state index is -0.0400. The summed E-state index contributed by atoms with van der Waals surface area (Å²) in [6, 6.07) is 2.08. The van der Waals surface area contributed by atoms with Crippen molar-refractivity contribution in [1.82, 2.24) is 5.43 Å². The summed E-state index contributed by atoms with van der Waals surface area (Å²) in [6.07, 6.45) is 5.79. The second-order valence-electron chi connectivity index (χ2n) is 5.50. The van der Waals surface area contributed by atoms with E-state index in [9.17, 15) is 4.79 Å². The van der Waals surface area contributed by atoms with Gasteiger partial charge in [0.15, 0.2) is 0 Å². The van der Waals surface area contributed by atoms with Gasteiger partial charge in [-0.3, -0.25) is 4.79 Å². The number of aryl methyl sites for hydroxylation is 1. The van der Waals surface area contributed by atoms with Crippen molar-refractivity contribution in [1.29, 1.82) is 0 Å². The average molecular weight is 308 g/mol. The summed E-state index contributed by atoms with van der Waals surface area (Å²) >= 11 is 3.53. The minimum absolute atomic E-state index is 0.0400. The highest BCUT2D eigenvalue weighted by Gasteiger charge is 2.22. The van der Waals surface area contributed by atoms with Crippen LogP contribution in [0.3, 0.4) is 0 Å². The fourth-order valence-electron chi connectivity index (χ4n) is 2.78. The summed E-state index contributed by atoms with van der Waals surface area (Å²) in [5.74, 6) is 2.84. The van der Waals surface area contributed by atoms with E-state index in [1.165, 1.54) is 23.3 Å². The number of hydrogen-bond acceptors (Lipinski definition) is 4. The van der Waals surface area contributed by atoms with E-state index in [0.717, 1.165) is 47.3 Å². The summed E-state index contributed by atoms with van der Waals surface area (Å²) in [5, 5.41) is 4.24. The van der Waals surface area contributed by atoms with Crippen molar-refractivity contribution in [2.45, 2.75) is 39.0 Å². The second kappa shape index (κ2) is 6.31. The van der Waals surface area contributed by atoms with Crippen LogP contribution in [-0.2, 0) is 12.8 Å². The molecule has 20 heavy (non-hydrogen) atoms. The molecule has 3 nitrogen and oxygen atoms in total. The highest BCUT2D eigenvalue weighted by molar-refractivity contribution is 8.00. The lowest BCUT2D eigenvalue weighted by molar-refractivity contribution is 0.0958. The zero-order valence-electron chi connectivity index (χ0n) is 11.8.